The lowest BCUT2D eigenvalue weighted by Crippen LogP contribution is -2.21. The number of alkyl halides is 3. The van der Waals surface area contributed by atoms with E-state index >= 15 is 0 Å². The lowest BCUT2D eigenvalue weighted by Gasteiger charge is -2.11. The Labute approximate surface area is 169 Å². The Balaban J connectivity index is 0.000000396. The van der Waals surface area contributed by atoms with Gasteiger partial charge in [-0.1, -0.05) is 42.5 Å². The van der Waals surface area contributed by atoms with Crippen LogP contribution in [0.25, 0.3) is 10.8 Å². The van der Waals surface area contributed by atoms with E-state index < -0.39 is 22.2 Å². The highest BCUT2D eigenvalue weighted by Crippen LogP contribution is 2.26. The molecule has 11 heteroatoms. The van der Waals surface area contributed by atoms with Gasteiger partial charge < -0.3 is 10.8 Å². The van der Waals surface area contributed by atoms with Crippen LogP contribution in [-0.2, 0) is 14.8 Å². The fourth-order valence-electron chi connectivity index (χ4n) is 2.33. The first kappa shape index (κ1) is 22.7. The van der Waals surface area contributed by atoms with Gasteiger partial charge in [0.2, 0.25) is 0 Å². The number of aliphatic carboxylic acids is 1. The van der Waals surface area contributed by atoms with Gasteiger partial charge in [0.15, 0.2) is 0 Å². The first-order valence-electron chi connectivity index (χ1n) is 8.17. The molecule has 0 fully saturated rings. The summed E-state index contributed by atoms with van der Waals surface area (Å²) in [6.07, 6.45) is -5.08. The maximum Gasteiger partial charge on any atom is 0.490 e. The van der Waals surface area contributed by atoms with Gasteiger partial charge in [0.1, 0.15) is 5.84 Å². The Kier molecular flexibility index (Phi) is 6.67. The van der Waals surface area contributed by atoms with Crippen LogP contribution in [0.5, 0.6) is 0 Å². The van der Waals surface area contributed by atoms with Crippen LogP contribution in [0, 0.1) is 5.41 Å². The van der Waals surface area contributed by atoms with Gasteiger partial charge in [0.25, 0.3) is 10.0 Å². The summed E-state index contributed by atoms with van der Waals surface area (Å²) >= 11 is 0. The van der Waals surface area contributed by atoms with Crippen molar-refractivity contribution in [2.75, 3.05) is 4.72 Å². The van der Waals surface area contributed by atoms with Gasteiger partial charge in [0, 0.05) is 10.9 Å². The lowest BCUT2D eigenvalue weighted by molar-refractivity contribution is -0.192. The zero-order valence-corrected chi connectivity index (χ0v) is 16.0. The summed E-state index contributed by atoms with van der Waals surface area (Å²) in [5.74, 6) is -2.82. The van der Waals surface area contributed by atoms with Crippen LogP contribution in [0.2, 0.25) is 0 Å². The Morgan fingerprint density at radius 3 is 2.13 bits per heavy atom. The topological polar surface area (TPSA) is 133 Å². The van der Waals surface area contributed by atoms with E-state index in [1.165, 1.54) is 12.1 Å². The molecule has 0 saturated carbocycles. The van der Waals surface area contributed by atoms with Crippen LogP contribution >= 0.6 is 0 Å². The summed E-state index contributed by atoms with van der Waals surface area (Å²) in [5.41, 5.74) is 6.52. The van der Waals surface area contributed by atoms with Crippen molar-refractivity contribution in [3.8, 4) is 0 Å². The van der Waals surface area contributed by atoms with Crippen LogP contribution in [0.1, 0.15) is 5.56 Å². The number of benzene rings is 3. The minimum absolute atomic E-state index is 0.0624. The third-order valence-electron chi connectivity index (χ3n) is 3.73. The van der Waals surface area contributed by atoms with Crippen LogP contribution in [0.4, 0.5) is 18.9 Å². The second-order valence-corrected chi connectivity index (χ2v) is 7.56. The molecule has 0 radical (unpaired) electrons. The number of fused-ring (bicyclic) bond motifs is 1. The number of nitrogens with two attached hydrogens (primary N) is 1. The highest BCUT2D eigenvalue weighted by molar-refractivity contribution is 7.92. The molecule has 0 spiro atoms. The summed E-state index contributed by atoms with van der Waals surface area (Å²) in [7, 11) is -3.67. The minimum Gasteiger partial charge on any atom is -0.475 e. The van der Waals surface area contributed by atoms with Gasteiger partial charge in [-0.15, -0.1) is 0 Å². The summed E-state index contributed by atoms with van der Waals surface area (Å²) in [6.45, 7) is 0. The third kappa shape index (κ3) is 5.70. The molecule has 0 aromatic heterocycles. The smallest absolute Gasteiger partial charge is 0.475 e. The number of nitrogens with one attached hydrogen (secondary N) is 2. The van der Waals surface area contributed by atoms with E-state index in [-0.39, 0.29) is 10.7 Å². The maximum absolute atomic E-state index is 12.5. The molecule has 0 saturated heterocycles. The van der Waals surface area contributed by atoms with Gasteiger partial charge in [-0.2, -0.15) is 13.2 Å². The minimum atomic E-state index is -5.08. The molecule has 158 valence electrons. The van der Waals surface area contributed by atoms with Crippen LogP contribution in [-0.4, -0.2) is 31.5 Å². The molecule has 30 heavy (non-hydrogen) atoms. The van der Waals surface area contributed by atoms with Crippen molar-refractivity contribution in [2.24, 2.45) is 5.73 Å². The number of carboxylic acid groups (broad SMARTS) is 1. The normalized spacial score (nSPS) is 11.3. The van der Waals surface area contributed by atoms with E-state index in [9.17, 15) is 21.6 Å². The molecule has 0 heterocycles. The van der Waals surface area contributed by atoms with Crippen molar-refractivity contribution in [1.29, 1.82) is 5.41 Å². The number of carboxylic acids is 1. The summed E-state index contributed by atoms with van der Waals surface area (Å²) in [5, 5.41) is 16.2. The number of amidine groups is 1. The Morgan fingerprint density at radius 1 is 1.00 bits per heavy atom. The number of hydrogen-bond acceptors (Lipinski definition) is 4. The molecule has 3 aromatic rings. The third-order valence-corrected chi connectivity index (χ3v) is 5.11. The quantitative estimate of drug-likeness (QED) is 0.364. The Morgan fingerprint density at radius 2 is 1.60 bits per heavy atom. The predicted octanol–water partition coefficient (Wildman–Crippen LogP) is 3.56. The second-order valence-electron chi connectivity index (χ2n) is 5.88. The fourth-order valence-corrected chi connectivity index (χ4v) is 3.43. The van der Waals surface area contributed by atoms with Gasteiger partial charge in [0.05, 0.1) is 10.6 Å². The van der Waals surface area contributed by atoms with Crippen molar-refractivity contribution in [2.45, 2.75) is 11.1 Å². The van der Waals surface area contributed by atoms with E-state index in [0.717, 1.165) is 5.39 Å². The number of sulfonamides is 1. The van der Waals surface area contributed by atoms with E-state index in [1.54, 1.807) is 42.5 Å². The van der Waals surface area contributed by atoms with E-state index in [1.807, 2.05) is 12.1 Å². The molecule has 0 atom stereocenters. The molecule has 0 bridgehead atoms. The molecule has 3 aromatic carbocycles. The monoisotopic (exact) mass is 439 g/mol. The van der Waals surface area contributed by atoms with Crippen molar-refractivity contribution in [3.05, 3.63) is 72.3 Å². The summed E-state index contributed by atoms with van der Waals surface area (Å²) in [4.78, 5) is 9.09. The molecule has 0 aliphatic heterocycles. The summed E-state index contributed by atoms with van der Waals surface area (Å²) in [6, 6.07) is 18.8. The van der Waals surface area contributed by atoms with Gasteiger partial charge in [-0.25, -0.2) is 13.2 Å². The van der Waals surface area contributed by atoms with Crippen LogP contribution < -0.4 is 10.5 Å². The number of anilines is 1. The zero-order chi connectivity index (χ0) is 22.5. The van der Waals surface area contributed by atoms with Gasteiger partial charge in [-0.3, -0.25) is 10.1 Å². The van der Waals surface area contributed by atoms with E-state index in [4.69, 9.17) is 21.0 Å². The van der Waals surface area contributed by atoms with E-state index in [0.29, 0.717) is 16.6 Å². The highest BCUT2D eigenvalue weighted by Gasteiger charge is 2.38. The average Bonchev–Trinajstić information content (AvgIpc) is 2.68. The first-order valence-corrected chi connectivity index (χ1v) is 9.65. The second kappa shape index (κ2) is 8.82. The first-order chi connectivity index (χ1) is 13.9. The zero-order valence-electron chi connectivity index (χ0n) is 15.1. The van der Waals surface area contributed by atoms with Crippen molar-refractivity contribution >= 4 is 38.3 Å². The Hall–Kier alpha value is -3.60. The molecule has 0 aliphatic rings. The number of halogens is 3. The van der Waals surface area contributed by atoms with E-state index in [2.05, 4.69) is 4.72 Å². The number of rotatable bonds is 4. The van der Waals surface area contributed by atoms with Gasteiger partial charge >= 0.3 is 12.1 Å². The van der Waals surface area contributed by atoms with Crippen molar-refractivity contribution in [1.82, 2.24) is 0 Å². The van der Waals surface area contributed by atoms with Crippen molar-refractivity contribution < 1.29 is 31.5 Å². The molecule has 0 unspecified atom stereocenters. The number of carbonyl (C=O) groups is 1. The average molecular weight is 439 g/mol. The standard InChI is InChI=1S/C17H15N3O2S.C2HF3O2/c18-17(19)13-10-9-12-5-4-8-16(15(12)11-13)20-23(21,22)14-6-2-1-3-7-14;3-2(4,5)1(6)7/h1-11,20H,(H3,18,19);(H,6,7). The molecule has 3 rings (SSSR count). The largest absolute Gasteiger partial charge is 0.490 e. The summed E-state index contributed by atoms with van der Waals surface area (Å²) < 4.78 is 59.3. The highest BCUT2D eigenvalue weighted by atomic mass is 32.2. The maximum atomic E-state index is 12.5. The molecule has 5 N–H and O–H groups in total. The molecule has 0 amide bonds. The SMILES string of the molecule is N=C(N)c1ccc2cccc(NS(=O)(=O)c3ccccc3)c2c1.O=C(O)C(F)(F)F. The van der Waals surface area contributed by atoms with Crippen molar-refractivity contribution in [3.63, 3.8) is 0 Å². The van der Waals surface area contributed by atoms with Crippen LogP contribution in [0.15, 0.2) is 71.6 Å². The molecular formula is C19H16F3N3O4S. The molecular weight excluding hydrogens is 423 g/mol. The number of hydrogen-bond donors (Lipinski definition) is 4. The fraction of sp³-hybridized carbons (Fsp3) is 0.0526. The van der Waals surface area contributed by atoms with Crippen LogP contribution in [0.3, 0.4) is 0 Å². The molecule has 0 aliphatic carbocycles. The van der Waals surface area contributed by atoms with Gasteiger partial charge in [-0.05, 0) is 29.7 Å². The molecule has 7 nitrogen and oxygen atoms in total. The number of nitrogen functional groups attached to an aromatic ring is 1. The lowest BCUT2D eigenvalue weighted by atomic mass is 10.1. The Bertz CT molecular complexity index is 1180. The predicted molar refractivity (Wildman–Crippen MR) is 106 cm³/mol.